The molecule has 4 heteroatoms. The van der Waals surface area contributed by atoms with Crippen molar-refractivity contribution in [2.75, 3.05) is 31.2 Å². The Labute approximate surface area is 111 Å². The number of benzene rings is 1. The topological polar surface area (TPSA) is 41.3 Å². The van der Waals surface area contributed by atoms with Gasteiger partial charge in [0.2, 0.25) is 0 Å². The van der Waals surface area contributed by atoms with Gasteiger partial charge in [-0.3, -0.25) is 0 Å². The highest BCUT2D eigenvalue weighted by Gasteiger charge is 2.24. The average Bonchev–Trinajstić information content (AvgIpc) is 2.25. The summed E-state index contributed by atoms with van der Waals surface area (Å²) < 4.78 is 1.05. The Morgan fingerprint density at radius 3 is 2.88 bits per heavy atom. The third-order valence-electron chi connectivity index (χ3n) is 3.44. The molecule has 3 N–H and O–H groups in total. The molecule has 0 radical (unpaired) electrons. The molecule has 94 valence electrons. The number of nitrogen functional groups attached to an aromatic ring is 1. The zero-order valence-corrected chi connectivity index (χ0v) is 12.0. The first-order valence-electron chi connectivity index (χ1n) is 6.06. The molecule has 0 aliphatic carbocycles. The predicted molar refractivity (Wildman–Crippen MR) is 77.2 cm³/mol. The van der Waals surface area contributed by atoms with Crippen LogP contribution in [0.15, 0.2) is 22.7 Å². The summed E-state index contributed by atoms with van der Waals surface area (Å²) in [5, 5.41) is 3.62. The smallest absolute Gasteiger partial charge is 0.0488 e. The minimum atomic E-state index is 0.547. The Morgan fingerprint density at radius 1 is 1.47 bits per heavy atom. The largest absolute Gasteiger partial charge is 0.399 e. The van der Waals surface area contributed by atoms with Crippen LogP contribution >= 0.6 is 15.9 Å². The van der Waals surface area contributed by atoms with Gasteiger partial charge in [0, 0.05) is 28.4 Å². The van der Waals surface area contributed by atoms with Gasteiger partial charge in [0.05, 0.1) is 0 Å². The van der Waals surface area contributed by atoms with Gasteiger partial charge in [-0.25, -0.2) is 0 Å². The van der Waals surface area contributed by atoms with Crippen molar-refractivity contribution >= 4 is 27.3 Å². The summed E-state index contributed by atoms with van der Waals surface area (Å²) in [5.41, 5.74) is 7.67. The van der Waals surface area contributed by atoms with Crippen molar-refractivity contribution in [3.63, 3.8) is 0 Å². The molecular weight excluding hydrogens is 278 g/mol. The summed E-state index contributed by atoms with van der Waals surface area (Å²) in [7, 11) is 2.19. The maximum atomic E-state index is 5.74. The molecule has 1 saturated heterocycles. The first kappa shape index (κ1) is 12.7. The molecule has 1 heterocycles. The van der Waals surface area contributed by atoms with Crippen LogP contribution in [-0.4, -0.2) is 31.1 Å². The SMILES string of the molecule is CC1CN(C)CCC1Nc1ccc(N)cc1Br. The number of hydrogen-bond donors (Lipinski definition) is 2. The number of nitrogens with two attached hydrogens (primary N) is 1. The van der Waals surface area contributed by atoms with Crippen LogP contribution < -0.4 is 11.1 Å². The fraction of sp³-hybridized carbons (Fsp3) is 0.538. The lowest BCUT2D eigenvalue weighted by atomic mass is 9.94. The second kappa shape index (κ2) is 5.27. The van der Waals surface area contributed by atoms with E-state index in [1.165, 1.54) is 6.42 Å². The molecule has 1 aromatic carbocycles. The van der Waals surface area contributed by atoms with Crippen LogP contribution in [0, 0.1) is 5.92 Å². The normalized spacial score (nSPS) is 25.8. The third kappa shape index (κ3) is 3.13. The molecule has 2 rings (SSSR count). The van der Waals surface area contributed by atoms with E-state index in [4.69, 9.17) is 5.73 Å². The molecule has 1 aliphatic rings. The van der Waals surface area contributed by atoms with Gasteiger partial charge in [-0.05, 0) is 60.1 Å². The lowest BCUT2D eigenvalue weighted by Gasteiger charge is -2.36. The molecule has 1 aliphatic heterocycles. The zero-order chi connectivity index (χ0) is 12.4. The van der Waals surface area contributed by atoms with Crippen molar-refractivity contribution in [3.8, 4) is 0 Å². The molecule has 2 unspecified atom stereocenters. The highest BCUT2D eigenvalue weighted by Crippen LogP contribution is 2.28. The summed E-state index contributed by atoms with van der Waals surface area (Å²) >= 11 is 3.55. The first-order valence-corrected chi connectivity index (χ1v) is 6.85. The number of anilines is 2. The van der Waals surface area contributed by atoms with Crippen LogP contribution in [0.3, 0.4) is 0 Å². The number of nitrogens with zero attached hydrogens (tertiary/aromatic N) is 1. The van der Waals surface area contributed by atoms with Gasteiger partial charge >= 0.3 is 0 Å². The first-order chi connectivity index (χ1) is 8.06. The van der Waals surface area contributed by atoms with Gasteiger partial charge in [0.15, 0.2) is 0 Å². The number of rotatable bonds is 2. The van der Waals surface area contributed by atoms with Gasteiger partial charge < -0.3 is 16.0 Å². The number of halogens is 1. The third-order valence-corrected chi connectivity index (χ3v) is 4.10. The highest BCUT2D eigenvalue weighted by atomic mass is 79.9. The number of likely N-dealkylation sites (tertiary alicyclic amines) is 1. The maximum absolute atomic E-state index is 5.74. The fourth-order valence-electron chi connectivity index (χ4n) is 2.42. The van der Waals surface area contributed by atoms with Crippen LogP contribution in [0.25, 0.3) is 0 Å². The van der Waals surface area contributed by atoms with E-state index in [9.17, 15) is 0 Å². The summed E-state index contributed by atoms with van der Waals surface area (Å²) in [6, 6.07) is 6.48. The molecule has 0 amide bonds. The summed E-state index contributed by atoms with van der Waals surface area (Å²) in [4.78, 5) is 2.39. The molecule has 1 aromatic rings. The van der Waals surface area contributed by atoms with E-state index in [-0.39, 0.29) is 0 Å². The van der Waals surface area contributed by atoms with Crippen molar-refractivity contribution < 1.29 is 0 Å². The van der Waals surface area contributed by atoms with Gasteiger partial charge in [-0.1, -0.05) is 6.92 Å². The van der Waals surface area contributed by atoms with Crippen molar-refractivity contribution in [1.82, 2.24) is 4.90 Å². The molecule has 3 nitrogen and oxygen atoms in total. The van der Waals surface area contributed by atoms with Gasteiger partial charge in [0.25, 0.3) is 0 Å². The Morgan fingerprint density at radius 2 is 2.24 bits per heavy atom. The van der Waals surface area contributed by atoms with Crippen LogP contribution in [0.5, 0.6) is 0 Å². The summed E-state index contributed by atoms with van der Waals surface area (Å²) in [6.45, 7) is 4.62. The standard InChI is InChI=1S/C13H20BrN3/c1-9-8-17(2)6-5-12(9)16-13-4-3-10(15)7-11(13)14/h3-4,7,9,12,16H,5-6,8,15H2,1-2H3. The summed E-state index contributed by atoms with van der Waals surface area (Å²) in [5.74, 6) is 0.665. The van der Waals surface area contributed by atoms with E-state index in [0.717, 1.165) is 28.9 Å². The van der Waals surface area contributed by atoms with E-state index in [1.807, 2.05) is 18.2 Å². The fourth-order valence-corrected chi connectivity index (χ4v) is 2.93. The predicted octanol–water partition coefficient (Wildman–Crippen LogP) is 2.78. The van der Waals surface area contributed by atoms with E-state index in [1.54, 1.807) is 0 Å². The molecular formula is C13H20BrN3. The molecule has 17 heavy (non-hydrogen) atoms. The number of nitrogens with one attached hydrogen (secondary N) is 1. The van der Waals surface area contributed by atoms with E-state index in [2.05, 4.69) is 40.1 Å². The van der Waals surface area contributed by atoms with Crippen LogP contribution in [-0.2, 0) is 0 Å². The monoisotopic (exact) mass is 297 g/mol. The maximum Gasteiger partial charge on any atom is 0.0488 e. The van der Waals surface area contributed by atoms with Gasteiger partial charge in [-0.15, -0.1) is 0 Å². The van der Waals surface area contributed by atoms with Crippen LogP contribution in [0.2, 0.25) is 0 Å². The number of piperidine rings is 1. The van der Waals surface area contributed by atoms with Crippen LogP contribution in [0.1, 0.15) is 13.3 Å². The minimum Gasteiger partial charge on any atom is -0.399 e. The van der Waals surface area contributed by atoms with Gasteiger partial charge in [0.1, 0.15) is 0 Å². The van der Waals surface area contributed by atoms with E-state index in [0.29, 0.717) is 12.0 Å². The Bertz CT molecular complexity index is 394. The van der Waals surface area contributed by atoms with Crippen molar-refractivity contribution in [3.05, 3.63) is 22.7 Å². The van der Waals surface area contributed by atoms with E-state index >= 15 is 0 Å². The Kier molecular flexibility index (Phi) is 3.94. The van der Waals surface area contributed by atoms with Crippen LogP contribution in [0.4, 0.5) is 11.4 Å². The van der Waals surface area contributed by atoms with Crippen molar-refractivity contribution in [2.24, 2.45) is 5.92 Å². The molecule has 0 spiro atoms. The molecule has 0 bridgehead atoms. The lowest BCUT2D eigenvalue weighted by molar-refractivity contribution is 0.206. The average molecular weight is 298 g/mol. The van der Waals surface area contributed by atoms with E-state index < -0.39 is 0 Å². The Hall–Kier alpha value is -0.740. The molecule has 2 atom stereocenters. The highest BCUT2D eigenvalue weighted by molar-refractivity contribution is 9.10. The number of hydrogen-bond acceptors (Lipinski definition) is 3. The minimum absolute atomic E-state index is 0.547. The Balaban J connectivity index is 2.05. The second-order valence-electron chi connectivity index (χ2n) is 5.02. The van der Waals surface area contributed by atoms with Crippen molar-refractivity contribution in [2.45, 2.75) is 19.4 Å². The molecule has 0 saturated carbocycles. The van der Waals surface area contributed by atoms with Gasteiger partial charge in [-0.2, -0.15) is 0 Å². The van der Waals surface area contributed by atoms with Crippen molar-refractivity contribution in [1.29, 1.82) is 0 Å². The molecule has 1 fully saturated rings. The molecule has 0 aromatic heterocycles. The zero-order valence-electron chi connectivity index (χ0n) is 10.4. The summed E-state index contributed by atoms with van der Waals surface area (Å²) in [6.07, 6.45) is 1.19. The second-order valence-corrected chi connectivity index (χ2v) is 5.87. The quantitative estimate of drug-likeness (QED) is 0.825. The lowest BCUT2D eigenvalue weighted by Crippen LogP contribution is -2.43.